The van der Waals surface area contributed by atoms with Crippen LogP contribution >= 0.6 is 0 Å². The second-order valence-corrected chi connectivity index (χ2v) is 18.7. The van der Waals surface area contributed by atoms with Gasteiger partial charge in [0.25, 0.3) is 0 Å². The summed E-state index contributed by atoms with van der Waals surface area (Å²) in [5, 5.41) is 67.1. The van der Waals surface area contributed by atoms with Crippen molar-refractivity contribution >= 4 is 53.2 Å². The number of phenolic OH excluding ortho intramolecular Hbond substituents is 2. The number of nitrogens with one attached hydrogen (secondary N) is 7. The molecular formula is C50H77N11O14. The first-order valence-corrected chi connectivity index (χ1v) is 25.3. The third-order valence-electron chi connectivity index (χ3n) is 12.8. The number of benzene rings is 2. The molecule has 8 amide bonds. The zero-order valence-corrected chi connectivity index (χ0v) is 42.8. The second-order valence-electron chi connectivity index (χ2n) is 18.7. The predicted octanol–water partition coefficient (Wildman–Crippen LogP) is -3.01. The summed E-state index contributed by atoms with van der Waals surface area (Å²) >= 11 is 0. The van der Waals surface area contributed by atoms with Crippen LogP contribution in [-0.2, 0) is 56.0 Å². The number of carbonyl (C=O) groups excluding carboxylic acids is 8. The van der Waals surface area contributed by atoms with E-state index in [1.54, 1.807) is 13.8 Å². The minimum atomic E-state index is -1.73. The smallest absolute Gasteiger partial charge is 0.328 e. The van der Waals surface area contributed by atoms with Crippen molar-refractivity contribution in [3.8, 4) is 11.5 Å². The standard InChI is InChI=1S/C50H77N11O14/c1-4-28(2)41(48(72)55-35(11-6-8-22-52)42(66)54-34(10-5-7-21-51)43(67)59-39(27-63)50(74)75)60-46(70)38(26-62)58-45(69)36(24-30-13-17-32(64)18-14-30)56-44(68)37(25-31-15-19-33(65)20-16-31)57-47(71)40-12-9-23-61(40)49(73)29(3)53/h13-20,28-29,34-41,62-65H,4-12,21-27,51-53H2,1-3H3,(H,54,66)(H,55,72)(H,56,68)(H,57,71)(H,58,69)(H,59,67)(H,60,70)(H,74,75)/t28-,29+,34-,35-,36-,37-,38-,39-,40-,41-/m0/s1. The summed E-state index contributed by atoms with van der Waals surface area (Å²) in [7, 11) is 0. The summed E-state index contributed by atoms with van der Waals surface area (Å²) in [4.78, 5) is 124. The van der Waals surface area contributed by atoms with E-state index in [0.717, 1.165) is 0 Å². The topological polar surface area (TPSA) is 420 Å². The van der Waals surface area contributed by atoms with E-state index in [2.05, 4.69) is 37.2 Å². The van der Waals surface area contributed by atoms with Crippen LogP contribution in [0.2, 0.25) is 0 Å². The van der Waals surface area contributed by atoms with Gasteiger partial charge in [-0.25, -0.2) is 4.79 Å². The van der Waals surface area contributed by atoms with Crippen molar-refractivity contribution < 1.29 is 68.7 Å². The Morgan fingerprint density at radius 3 is 1.44 bits per heavy atom. The van der Waals surface area contributed by atoms with Crippen LogP contribution in [0.25, 0.3) is 0 Å². The molecule has 2 aromatic carbocycles. The molecule has 0 aromatic heterocycles. The van der Waals surface area contributed by atoms with Gasteiger partial charge in [0.2, 0.25) is 47.3 Å². The van der Waals surface area contributed by atoms with E-state index in [-0.39, 0.29) is 56.8 Å². The summed E-state index contributed by atoms with van der Waals surface area (Å²) in [5.74, 6) is -8.82. The van der Waals surface area contributed by atoms with Gasteiger partial charge < -0.3 is 84.9 Å². The first-order valence-electron chi connectivity index (χ1n) is 25.3. The Kier molecular flexibility index (Phi) is 26.4. The van der Waals surface area contributed by atoms with Crippen LogP contribution in [0, 0.1) is 5.92 Å². The van der Waals surface area contributed by atoms with Crippen LogP contribution in [0.15, 0.2) is 48.5 Å². The number of nitrogens with two attached hydrogens (primary N) is 3. The second kappa shape index (κ2) is 31.7. The van der Waals surface area contributed by atoms with Crippen molar-refractivity contribution in [2.45, 2.75) is 146 Å². The zero-order chi connectivity index (χ0) is 55.8. The minimum absolute atomic E-state index is 0.0245. The van der Waals surface area contributed by atoms with Crippen molar-refractivity contribution in [1.82, 2.24) is 42.1 Å². The molecule has 25 nitrogen and oxygen atoms in total. The highest BCUT2D eigenvalue weighted by Crippen LogP contribution is 2.20. The van der Waals surface area contributed by atoms with Crippen molar-refractivity contribution in [2.75, 3.05) is 32.8 Å². The lowest BCUT2D eigenvalue weighted by atomic mass is 9.96. The van der Waals surface area contributed by atoms with Crippen molar-refractivity contribution in [1.29, 1.82) is 0 Å². The number of phenols is 2. The lowest BCUT2D eigenvalue weighted by Gasteiger charge is -2.30. The summed E-state index contributed by atoms with van der Waals surface area (Å²) in [6.45, 7) is 3.71. The molecule has 0 saturated carbocycles. The molecule has 3 rings (SSSR count). The number of amides is 8. The van der Waals surface area contributed by atoms with E-state index >= 15 is 0 Å². The van der Waals surface area contributed by atoms with E-state index in [0.29, 0.717) is 56.1 Å². The highest BCUT2D eigenvalue weighted by molar-refractivity contribution is 5.98. The van der Waals surface area contributed by atoms with Gasteiger partial charge >= 0.3 is 5.97 Å². The number of unbranched alkanes of at least 4 members (excludes halogenated alkanes) is 2. The van der Waals surface area contributed by atoms with E-state index in [4.69, 9.17) is 17.2 Å². The maximum absolute atomic E-state index is 14.4. The van der Waals surface area contributed by atoms with E-state index in [9.17, 15) is 68.7 Å². The van der Waals surface area contributed by atoms with Gasteiger partial charge in [0.1, 0.15) is 59.8 Å². The molecule has 75 heavy (non-hydrogen) atoms. The van der Waals surface area contributed by atoms with Crippen LogP contribution in [0.3, 0.4) is 0 Å². The number of nitrogens with zero attached hydrogens (tertiary/aromatic N) is 1. The molecule has 0 bridgehead atoms. The Balaban J connectivity index is 1.91. The molecule has 0 unspecified atom stereocenters. The van der Waals surface area contributed by atoms with Gasteiger partial charge in [-0.15, -0.1) is 0 Å². The zero-order valence-electron chi connectivity index (χ0n) is 42.8. The normalized spacial score (nSPS) is 16.8. The number of aliphatic carboxylic acids is 1. The number of carbonyl (C=O) groups is 9. The lowest BCUT2D eigenvalue weighted by Crippen LogP contribution is -2.62. The third kappa shape index (κ3) is 20.0. The SMILES string of the molecule is CC[C@H](C)[C@H](NC(=O)[C@H](CO)NC(=O)[C@H](Cc1ccc(O)cc1)NC(=O)[C@H](Cc1ccc(O)cc1)NC(=O)[C@@H]1CCCN1C(=O)[C@@H](C)N)C(=O)N[C@@H](CCCCN)C(=O)N[C@@H](CCCCN)C(=O)N[C@@H](CO)C(=O)O. The van der Waals surface area contributed by atoms with Gasteiger partial charge in [0.05, 0.1) is 19.3 Å². The summed E-state index contributed by atoms with van der Waals surface area (Å²) in [6.07, 6.45) is 2.37. The predicted molar refractivity (Wildman–Crippen MR) is 273 cm³/mol. The van der Waals surface area contributed by atoms with Crippen LogP contribution in [0.5, 0.6) is 11.5 Å². The molecule has 10 atom stereocenters. The fourth-order valence-electron chi connectivity index (χ4n) is 8.20. The number of aliphatic hydroxyl groups is 2. The fourth-order valence-corrected chi connectivity index (χ4v) is 8.20. The van der Waals surface area contributed by atoms with Gasteiger partial charge in [0.15, 0.2) is 0 Å². The Bertz CT molecular complexity index is 2220. The summed E-state index contributed by atoms with van der Waals surface area (Å²) in [5.41, 5.74) is 18.1. The molecule has 1 heterocycles. The number of aromatic hydroxyl groups is 2. The molecule has 1 fully saturated rings. The van der Waals surface area contributed by atoms with Gasteiger partial charge in [0, 0.05) is 19.4 Å². The number of rotatable bonds is 32. The molecule has 18 N–H and O–H groups in total. The van der Waals surface area contributed by atoms with Crippen LogP contribution < -0.4 is 54.4 Å². The average Bonchev–Trinajstić information content (AvgIpc) is 3.88. The largest absolute Gasteiger partial charge is 0.508 e. The van der Waals surface area contributed by atoms with Crippen LogP contribution in [0.1, 0.15) is 89.7 Å². The monoisotopic (exact) mass is 1060 g/mol. The molecule has 1 saturated heterocycles. The molecule has 2 aromatic rings. The number of carboxylic acid groups (broad SMARTS) is 1. The molecule has 416 valence electrons. The number of carboxylic acids is 1. The Labute approximate surface area is 435 Å². The molecular weight excluding hydrogens is 979 g/mol. The Morgan fingerprint density at radius 2 is 1.00 bits per heavy atom. The quantitative estimate of drug-likeness (QED) is 0.0325. The van der Waals surface area contributed by atoms with Crippen LogP contribution in [0.4, 0.5) is 0 Å². The molecule has 0 aliphatic carbocycles. The number of hydrogen-bond acceptors (Lipinski definition) is 16. The molecule has 25 heteroatoms. The van der Waals surface area contributed by atoms with E-state index in [1.165, 1.54) is 60.4 Å². The van der Waals surface area contributed by atoms with E-state index in [1.807, 2.05) is 0 Å². The van der Waals surface area contributed by atoms with Gasteiger partial charge in [-0.2, -0.15) is 0 Å². The molecule has 0 spiro atoms. The van der Waals surface area contributed by atoms with Gasteiger partial charge in [-0.05, 0) is 113 Å². The number of likely N-dealkylation sites (tertiary alicyclic amines) is 1. The summed E-state index contributed by atoms with van der Waals surface area (Å²) < 4.78 is 0. The van der Waals surface area contributed by atoms with Gasteiger partial charge in [-0.1, -0.05) is 44.5 Å². The molecule has 1 aliphatic heterocycles. The maximum Gasteiger partial charge on any atom is 0.328 e. The number of hydrogen-bond donors (Lipinski definition) is 15. The average molecular weight is 1060 g/mol. The molecule has 1 aliphatic rings. The van der Waals surface area contributed by atoms with Crippen molar-refractivity contribution in [3.05, 3.63) is 59.7 Å². The van der Waals surface area contributed by atoms with Crippen molar-refractivity contribution in [3.63, 3.8) is 0 Å². The third-order valence-corrected chi connectivity index (χ3v) is 12.8. The number of aliphatic hydroxyl groups excluding tert-OH is 2. The Morgan fingerprint density at radius 1 is 0.587 bits per heavy atom. The first-order chi connectivity index (χ1) is 35.7. The fraction of sp³-hybridized carbons (Fsp3) is 0.580. The van der Waals surface area contributed by atoms with Crippen LogP contribution in [-0.4, -0.2) is 171 Å². The van der Waals surface area contributed by atoms with Gasteiger partial charge in [-0.3, -0.25) is 38.4 Å². The highest BCUT2D eigenvalue weighted by atomic mass is 16.4. The molecule has 0 radical (unpaired) electrons. The Hall–Kier alpha value is -6.93. The van der Waals surface area contributed by atoms with E-state index < -0.39 is 127 Å². The first kappa shape index (κ1) is 62.4. The van der Waals surface area contributed by atoms with Crippen molar-refractivity contribution in [2.24, 2.45) is 23.1 Å². The highest BCUT2D eigenvalue weighted by Gasteiger charge is 2.39. The maximum atomic E-state index is 14.4. The minimum Gasteiger partial charge on any atom is -0.508 e. The summed E-state index contributed by atoms with van der Waals surface area (Å²) in [6, 6.07) is -0.596. The lowest BCUT2D eigenvalue weighted by molar-refractivity contribution is -0.143.